The maximum absolute atomic E-state index is 13.1. The zero-order chi connectivity index (χ0) is 22.1. The highest BCUT2D eigenvalue weighted by molar-refractivity contribution is 6.66. The summed E-state index contributed by atoms with van der Waals surface area (Å²) in [6.07, 6.45) is 0.877. The van der Waals surface area contributed by atoms with Gasteiger partial charge >= 0.3 is 0 Å². The molecule has 11 heteroatoms. The van der Waals surface area contributed by atoms with Crippen LogP contribution in [0.4, 0.5) is 0 Å². The second-order valence-electron chi connectivity index (χ2n) is 7.43. The van der Waals surface area contributed by atoms with E-state index in [4.69, 9.17) is 32.7 Å². The first-order valence-electron chi connectivity index (χ1n) is 9.84. The third kappa shape index (κ3) is 4.70. The minimum Gasteiger partial charge on any atom is -0.495 e. The molecule has 0 saturated carbocycles. The molecule has 166 valence electrons. The first kappa shape index (κ1) is 22.0. The highest BCUT2D eigenvalue weighted by Gasteiger charge is 2.32. The molecule has 1 N–H and O–H groups in total. The smallest absolute Gasteiger partial charge is 0.244 e. The molecule has 1 fully saturated rings. The van der Waals surface area contributed by atoms with Gasteiger partial charge in [-0.1, -0.05) is 29.3 Å². The van der Waals surface area contributed by atoms with Gasteiger partial charge in [0.1, 0.15) is 29.3 Å². The Labute approximate surface area is 189 Å². The molecular formula is C20H23Cl2N5O4. The van der Waals surface area contributed by atoms with Crippen LogP contribution in [0.2, 0.25) is 5.02 Å². The van der Waals surface area contributed by atoms with Crippen LogP contribution in [0.1, 0.15) is 30.5 Å². The van der Waals surface area contributed by atoms with Crippen LogP contribution in [0.15, 0.2) is 35.5 Å². The van der Waals surface area contributed by atoms with Gasteiger partial charge in [-0.15, -0.1) is 0 Å². The monoisotopic (exact) mass is 467 g/mol. The van der Waals surface area contributed by atoms with Crippen molar-refractivity contribution < 1.29 is 19.5 Å². The van der Waals surface area contributed by atoms with E-state index in [1.54, 1.807) is 34.0 Å². The molecule has 4 rings (SSSR count). The van der Waals surface area contributed by atoms with E-state index in [0.29, 0.717) is 34.7 Å². The van der Waals surface area contributed by atoms with Crippen LogP contribution in [-0.2, 0) is 16.1 Å². The fourth-order valence-corrected chi connectivity index (χ4v) is 4.03. The van der Waals surface area contributed by atoms with E-state index < -0.39 is 6.23 Å². The van der Waals surface area contributed by atoms with E-state index in [9.17, 15) is 10.0 Å². The zero-order valence-electron chi connectivity index (χ0n) is 17.1. The highest BCUT2D eigenvalue weighted by atomic mass is 35.5. The van der Waals surface area contributed by atoms with Crippen LogP contribution < -0.4 is 4.74 Å². The number of aliphatic imine (C=N–C) groups is 1. The number of hydroxylamine groups is 2. The molecule has 3 atom stereocenters. The lowest BCUT2D eigenvalue weighted by Gasteiger charge is -2.39. The third-order valence-corrected chi connectivity index (χ3v) is 6.08. The topological polar surface area (TPSA) is 92.4 Å². The summed E-state index contributed by atoms with van der Waals surface area (Å²) in [6.45, 7) is 2.88. The standard InChI is InChI=1S/C20H23Cl2N5O4/c1-12-19(22)23-20(31-12)15-5-6-25(24-15)11-18(28)27-8-7-26(29)10-16(27)13-3-4-14(21)17(9-13)30-2/h3-6,9,12,16,20,29H,7-8,10-11H2,1-2H3. The predicted octanol–water partition coefficient (Wildman–Crippen LogP) is 2.87. The summed E-state index contributed by atoms with van der Waals surface area (Å²) in [7, 11) is 1.54. The summed E-state index contributed by atoms with van der Waals surface area (Å²) >= 11 is 12.1. The second-order valence-corrected chi connectivity index (χ2v) is 8.22. The largest absolute Gasteiger partial charge is 0.495 e. The quantitative estimate of drug-likeness (QED) is 0.726. The number of nitrogens with zero attached hydrogens (tertiary/aromatic N) is 5. The molecule has 0 aliphatic carbocycles. The average Bonchev–Trinajstić information content (AvgIpc) is 3.34. The van der Waals surface area contributed by atoms with E-state index in [2.05, 4.69) is 10.1 Å². The number of ether oxygens (including phenoxy) is 2. The highest BCUT2D eigenvalue weighted by Crippen LogP contribution is 2.32. The number of carbonyl (C=O) groups excluding carboxylic acids is 1. The average molecular weight is 468 g/mol. The summed E-state index contributed by atoms with van der Waals surface area (Å²) in [4.78, 5) is 19.1. The Kier molecular flexibility index (Phi) is 6.49. The van der Waals surface area contributed by atoms with E-state index in [1.165, 1.54) is 12.2 Å². The third-order valence-electron chi connectivity index (χ3n) is 5.36. The van der Waals surface area contributed by atoms with E-state index in [-0.39, 0.29) is 31.1 Å². The number of hydrogen-bond donors (Lipinski definition) is 1. The van der Waals surface area contributed by atoms with Crippen molar-refractivity contribution in [1.29, 1.82) is 0 Å². The number of hydrogen-bond acceptors (Lipinski definition) is 7. The van der Waals surface area contributed by atoms with Gasteiger partial charge in [0.05, 0.1) is 18.2 Å². The molecule has 3 heterocycles. The van der Waals surface area contributed by atoms with Gasteiger partial charge in [0.2, 0.25) is 5.91 Å². The van der Waals surface area contributed by atoms with Gasteiger partial charge in [0.15, 0.2) is 6.23 Å². The van der Waals surface area contributed by atoms with Crippen molar-refractivity contribution in [3.63, 3.8) is 0 Å². The van der Waals surface area contributed by atoms with Crippen LogP contribution in [0.5, 0.6) is 5.75 Å². The molecule has 1 aromatic carbocycles. The van der Waals surface area contributed by atoms with Crippen molar-refractivity contribution >= 4 is 34.3 Å². The molecule has 9 nitrogen and oxygen atoms in total. The molecule has 0 spiro atoms. The van der Waals surface area contributed by atoms with Crippen molar-refractivity contribution in [2.75, 3.05) is 26.7 Å². The lowest BCUT2D eigenvalue weighted by Crippen LogP contribution is -2.50. The Morgan fingerprint density at radius 1 is 1.32 bits per heavy atom. The number of halogens is 2. The molecule has 2 aromatic rings. The van der Waals surface area contributed by atoms with Gasteiger partial charge in [-0.3, -0.25) is 9.48 Å². The van der Waals surface area contributed by atoms with Gasteiger partial charge in [-0.05, 0) is 30.7 Å². The lowest BCUT2D eigenvalue weighted by atomic mass is 10.0. The zero-order valence-corrected chi connectivity index (χ0v) is 18.6. The molecule has 2 aliphatic rings. The number of benzene rings is 1. The maximum Gasteiger partial charge on any atom is 0.244 e. The van der Waals surface area contributed by atoms with E-state index >= 15 is 0 Å². The fraction of sp³-hybridized carbons (Fsp3) is 0.450. The van der Waals surface area contributed by atoms with E-state index in [1.807, 2.05) is 13.0 Å². The van der Waals surface area contributed by atoms with Crippen molar-refractivity contribution in [3.05, 3.63) is 46.7 Å². The predicted molar refractivity (Wildman–Crippen MR) is 115 cm³/mol. The van der Waals surface area contributed by atoms with Crippen molar-refractivity contribution in [3.8, 4) is 5.75 Å². The summed E-state index contributed by atoms with van der Waals surface area (Å²) in [6, 6.07) is 6.76. The van der Waals surface area contributed by atoms with Gasteiger partial charge in [0.25, 0.3) is 0 Å². The minimum absolute atomic E-state index is 0.0480. The Bertz CT molecular complexity index is 998. The van der Waals surface area contributed by atoms with Crippen LogP contribution in [0, 0.1) is 0 Å². The Morgan fingerprint density at radius 2 is 2.13 bits per heavy atom. The Balaban J connectivity index is 1.50. The molecule has 31 heavy (non-hydrogen) atoms. The number of aromatic nitrogens is 2. The summed E-state index contributed by atoms with van der Waals surface area (Å²) in [5, 5.41) is 16.6. The normalized spacial score (nSPS) is 24.4. The minimum atomic E-state index is -0.564. The summed E-state index contributed by atoms with van der Waals surface area (Å²) in [5.41, 5.74) is 1.42. The molecule has 0 bridgehead atoms. The van der Waals surface area contributed by atoms with Crippen LogP contribution in [-0.4, -0.2) is 68.9 Å². The van der Waals surface area contributed by atoms with Gasteiger partial charge in [-0.25, -0.2) is 4.99 Å². The number of amides is 1. The van der Waals surface area contributed by atoms with Crippen molar-refractivity contribution in [1.82, 2.24) is 19.7 Å². The van der Waals surface area contributed by atoms with Crippen molar-refractivity contribution in [2.45, 2.75) is 31.8 Å². The molecule has 0 radical (unpaired) electrons. The molecule has 2 aliphatic heterocycles. The van der Waals surface area contributed by atoms with Crippen LogP contribution in [0.3, 0.4) is 0 Å². The summed E-state index contributed by atoms with van der Waals surface area (Å²) < 4.78 is 12.5. The Hall–Kier alpha value is -2.17. The molecule has 3 unspecified atom stereocenters. The second kappa shape index (κ2) is 9.13. The summed E-state index contributed by atoms with van der Waals surface area (Å²) in [5.74, 6) is 0.396. The molecular weight excluding hydrogens is 445 g/mol. The van der Waals surface area contributed by atoms with Crippen molar-refractivity contribution in [2.24, 2.45) is 4.99 Å². The maximum atomic E-state index is 13.1. The van der Waals surface area contributed by atoms with Gasteiger partial charge in [0, 0.05) is 25.8 Å². The van der Waals surface area contributed by atoms with E-state index in [0.717, 1.165) is 5.56 Å². The number of methoxy groups -OCH3 is 1. The lowest BCUT2D eigenvalue weighted by molar-refractivity contribution is -0.157. The fourth-order valence-electron chi connectivity index (χ4n) is 3.70. The molecule has 1 saturated heterocycles. The Morgan fingerprint density at radius 3 is 2.84 bits per heavy atom. The van der Waals surface area contributed by atoms with Crippen LogP contribution >= 0.6 is 23.2 Å². The van der Waals surface area contributed by atoms with Gasteiger partial charge < -0.3 is 19.6 Å². The number of piperazine rings is 1. The first-order chi connectivity index (χ1) is 14.9. The van der Waals surface area contributed by atoms with Crippen LogP contribution in [0.25, 0.3) is 0 Å². The SMILES string of the molecule is COc1cc(C2CN(O)CCN2C(=O)Cn2ccc(C3N=C(Cl)C(C)O3)n2)ccc1Cl. The number of rotatable bonds is 5. The first-order valence-corrected chi connectivity index (χ1v) is 10.6. The molecule has 1 aromatic heterocycles. The number of carbonyl (C=O) groups is 1. The molecule has 1 amide bonds. The van der Waals surface area contributed by atoms with Gasteiger partial charge in [-0.2, -0.15) is 10.2 Å².